The van der Waals surface area contributed by atoms with Crippen molar-refractivity contribution in [2.24, 2.45) is 0 Å². The topological polar surface area (TPSA) is 61.7 Å². The third-order valence-electron chi connectivity index (χ3n) is 3.40. The molecule has 3 aromatic rings. The third kappa shape index (κ3) is 1.97. The molecule has 0 aliphatic rings. The summed E-state index contributed by atoms with van der Waals surface area (Å²) in [6.07, 6.45) is 3.82. The van der Waals surface area contributed by atoms with Gasteiger partial charge < -0.3 is 5.73 Å². The third-order valence-corrected chi connectivity index (χ3v) is 3.40. The largest absolute Gasteiger partial charge is 0.383 e. The van der Waals surface area contributed by atoms with E-state index in [9.17, 15) is 0 Å². The van der Waals surface area contributed by atoms with Crippen LogP contribution in [0.1, 0.15) is 12.5 Å². The lowest BCUT2D eigenvalue weighted by Crippen LogP contribution is -2.01. The second-order valence-electron chi connectivity index (χ2n) is 4.69. The van der Waals surface area contributed by atoms with E-state index in [0.29, 0.717) is 5.82 Å². The second-order valence-corrected chi connectivity index (χ2v) is 4.69. The zero-order valence-electron chi connectivity index (χ0n) is 11.6. The van der Waals surface area contributed by atoms with Crippen molar-refractivity contribution in [2.45, 2.75) is 20.4 Å². The quantitative estimate of drug-likeness (QED) is 0.793. The fourth-order valence-corrected chi connectivity index (χ4v) is 2.21. The molecule has 20 heavy (non-hydrogen) atoms. The Bertz CT molecular complexity index is 724. The standard InChI is InChI=1S/C15H17N5/c1-3-19-10-12(9-17-19)14-11(2)15(16)20(18-14)13-7-5-4-6-8-13/h4-10H,3,16H2,1-2H3. The van der Waals surface area contributed by atoms with Gasteiger partial charge in [-0.2, -0.15) is 10.2 Å². The molecule has 5 nitrogen and oxygen atoms in total. The van der Waals surface area contributed by atoms with E-state index in [0.717, 1.165) is 29.1 Å². The summed E-state index contributed by atoms with van der Waals surface area (Å²) in [5, 5.41) is 8.93. The van der Waals surface area contributed by atoms with E-state index >= 15 is 0 Å². The predicted molar refractivity (Wildman–Crippen MR) is 79.6 cm³/mol. The minimum absolute atomic E-state index is 0.662. The first-order valence-electron chi connectivity index (χ1n) is 6.64. The Morgan fingerprint density at radius 2 is 1.95 bits per heavy atom. The Labute approximate surface area is 117 Å². The first kappa shape index (κ1) is 12.5. The van der Waals surface area contributed by atoms with Gasteiger partial charge in [0.05, 0.1) is 11.9 Å². The maximum atomic E-state index is 6.19. The average Bonchev–Trinajstić information content (AvgIpc) is 3.06. The molecule has 2 aromatic heterocycles. The van der Waals surface area contributed by atoms with E-state index < -0.39 is 0 Å². The fraction of sp³-hybridized carbons (Fsp3) is 0.200. The van der Waals surface area contributed by atoms with Crippen LogP contribution in [0.3, 0.4) is 0 Å². The Morgan fingerprint density at radius 3 is 2.60 bits per heavy atom. The molecule has 0 unspecified atom stereocenters. The van der Waals surface area contributed by atoms with Crippen LogP contribution in [0.5, 0.6) is 0 Å². The summed E-state index contributed by atoms with van der Waals surface area (Å²) in [4.78, 5) is 0. The molecule has 1 aromatic carbocycles. The molecule has 0 aliphatic heterocycles. The SMILES string of the molecule is CCn1cc(-c2nn(-c3ccccc3)c(N)c2C)cn1. The molecule has 0 atom stereocenters. The fourth-order valence-electron chi connectivity index (χ4n) is 2.21. The van der Waals surface area contributed by atoms with Gasteiger partial charge in [0.2, 0.25) is 0 Å². The normalized spacial score (nSPS) is 10.9. The zero-order valence-corrected chi connectivity index (χ0v) is 11.6. The molecule has 5 heteroatoms. The van der Waals surface area contributed by atoms with Gasteiger partial charge in [0.25, 0.3) is 0 Å². The number of aromatic nitrogens is 4. The molecule has 0 aliphatic carbocycles. The number of nitrogen functional groups attached to an aromatic ring is 1. The van der Waals surface area contributed by atoms with Crippen LogP contribution in [0, 0.1) is 6.92 Å². The van der Waals surface area contributed by atoms with Gasteiger partial charge in [-0.05, 0) is 26.0 Å². The molecule has 0 amide bonds. The molecule has 0 saturated heterocycles. The molecule has 0 fully saturated rings. The van der Waals surface area contributed by atoms with Gasteiger partial charge in [0.15, 0.2) is 0 Å². The van der Waals surface area contributed by atoms with Crippen LogP contribution in [0.15, 0.2) is 42.7 Å². The molecule has 102 valence electrons. The van der Waals surface area contributed by atoms with Crippen LogP contribution >= 0.6 is 0 Å². The van der Waals surface area contributed by atoms with Crippen molar-refractivity contribution in [3.63, 3.8) is 0 Å². The molecule has 0 bridgehead atoms. The predicted octanol–water partition coefficient (Wildman–Crippen LogP) is 2.65. The number of hydrogen-bond donors (Lipinski definition) is 1. The van der Waals surface area contributed by atoms with Crippen molar-refractivity contribution in [1.29, 1.82) is 0 Å². The van der Waals surface area contributed by atoms with Crippen molar-refractivity contribution in [3.8, 4) is 16.9 Å². The molecule has 0 saturated carbocycles. The van der Waals surface area contributed by atoms with E-state index in [2.05, 4.69) is 17.1 Å². The summed E-state index contributed by atoms with van der Waals surface area (Å²) in [6.45, 7) is 4.88. The average molecular weight is 267 g/mol. The summed E-state index contributed by atoms with van der Waals surface area (Å²) in [5.74, 6) is 0.662. The van der Waals surface area contributed by atoms with Gasteiger partial charge in [0.1, 0.15) is 11.5 Å². The monoisotopic (exact) mass is 267 g/mol. The van der Waals surface area contributed by atoms with E-state index in [1.54, 1.807) is 4.68 Å². The van der Waals surface area contributed by atoms with E-state index in [-0.39, 0.29) is 0 Å². The summed E-state index contributed by atoms with van der Waals surface area (Å²) in [5.41, 5.74) is 9.99. The second kappa shape index (κ2) is 4.85. The number of anilines is 1. The first-order valence-corrected chi connectivity index (χ1v) is 6.64. The summed E-state index contributed by atoms with van der Waals surface area (Å²) < 4.78 is 3.65. The molecule has 2 N–H and O–H groups in total. The molecular formula is C15H17N5. The number of para-hydroxylation sites is 1. The van der Waals surface area contributed by atoms with Gasteiger partial charge >= 0.3 is 0 Å². The number of nitrogens with two attached hydrogens (primary N) is 1. The van der Waals surface area contributed by atoms with Crippen molar-refractivity contribution in [1.82, 2.24) is 19.6 Å². The minimum atomic E-state index is 0.662. The van der Waals surface area contributed by atoms with E-state index in [4.69, 9.17) is 5.73 Å². The molecule has 0 spiro atoms. The lowest BCUT2D eigenvalue weighted by molar-refractivity contribution is 0.660. The van der Waals surface area contributed by atoms with Crippen molar-refractivity contribution in [2.75, 3.05) is 5.73 Å². The summed E-state index contributed by atoms with van der Waals surface area (Å²) in [7, 11) is 0. The maximum Gasteiger partial charge on any atom is 0.130 e. The highest BCUT2D eigenvalue weighted by Gasteiger charge is 2.15. The lowest BCUT2D eigenvalue weighted by Gasteiger charge is -2.02. The Morgan fingerprint density at radius 1 is 1.20 bits per heavy atom. The van der Waals surface area contributed by atoms with Gasteiger partial charge in [-0.15, -0.1) is 0 Å². The van der Waals surface area contributed by atoms with Crippen molar-refractivity contribution in [3.05, 3.63) is 48.3 Å². The molecule has 0 radical (unpaired) electrons. The maximum absolute atomic E-state index is 6.19. The van der Waals surface area contributed by atoms with Crippen LogP contribution in [-0.2, 0) is 6.54 Å². The van der Waals surface area contributed by atoms with Crippen LogP contribution < -0.4 is 5.73 Å². The Kier molecular flexibility index (Phi) is 3.02. The molecule has 2 heterocycles. The zero-order chi connectivity index (χ0) is 14.1. The van der Waals surface area contributed by atoms with Crippen molar-refractivity contribution < 1.29 is 0 Å². The smallest absolute Gasteiger partial charge is 0.130 e. The number of aryl methyl sites for hydroxylation is 1. The van der Waals surface area contributed by atoms with Gasteiger partial charge in [-0.25, -0.2) is 4.68 Å². The highest BCUT2D eigenvalue weighted by Crippen LogP contribution is 2.27. The Balaban J connectivity index is 2.10. The van der Waals surface area contributed by atoms with E-state index in [1.165, 1.54) is 0 Å². The first-order chi connectivity index (χ1) is 9.70. The molecule has 3 rings (SSSR count). The van der Waals surface area contributed by atoms with Gasteiger partial charge in [0, 0.05) is 23.9 Å². The highest BCUT2D eigenvalue weighted by atomic mass is 15.3. The number of nitrogens with zero attached hydrogens (tertiary/aromatic N) is 4. The number of hydrogen-bond acceptors (Lipinski definition) is 3. The van der Waals surface area contributed by atoms with Gasteiger partial charge in [-0.1, -0.05) is 18.2 Å². The minimum Gasteiger partial charge on any atom is -0.383 e. The van der Waals surface area contributed by atoms with Gasteiger partial charge in [-0.3, -0.25) is 4.68 Å². The van der Waals surface area contributed by atoms with E-state index in [1.807, 2.05) is 54.3 Å². The Hall–Kier alpha value is -2.56. The van der Waals surface area contributed by atoms with Crippen LogP contribution in [0.25, 0.3) is 16.9 Å². The van der Waals surface area contributed by atoms with Crippen molar-refractivity contribution >= 4 is 5.82 Å². The number of rotatable bonds is 3. The lowest BCUT2D eigenvalue weighted by atomic mass is 10.2. The molecular weight excluding hydrogens is 250 g/mol. The summed E-state index contributed by atoms with van der Waals surface area (Å²) in [6, 6.07) is 9.90. The number of benzene rings is 1. The van der Waals surface area contributed by atoms with Crippen LogP contribution in [-0.4, -0.2) is 19.6 Å². The summed E-state index contributed by atoms with van der Waals surface area (Å²) >= 11 is 0. The highest BCUT2D eigenvalue weighted by molar-refractivity contribution is 5.68. The van der Waals surface area contributed by atoms with Crippen LogP contribution in [0.4, 0.5) is 5.82 Å². The van der Waals surface area contributed by atoms with Crippen LogP contribution in [0.2, 0.25) is 0 Å².